The van der Waals surface area contributed by atoms with E-state index in [-0.39, 0.29) is 0 Å². The van der Waals surface area contributed by atoms with Gasteiger partial charge in [-0.25, -0.2) is 4.18 Å². The lowest BCUT2D eigenvalue weighted by Crippen LogP contribution is -2.04. The van der Waals surface area contributed by atoms with Gasteiger partial charge in [0.2, 0.25) is 5.76 Å². The monoisotopic (exact) mass is 198 g/mol. The van der Waals surface area contributed by atoms with Crippen LogP contribution in [0.2, 0.25) is 0 Å². The zero-order chi connectivity index (χ0) is 8.39. The Bertz CT molecular complexity index is 299. The molecule has 12 heavy (non-hydrogen) atoms. The third-order valence-corrected chi connectivity index (χ3v) is 2.71. The average molecular weight is 198 g/mol. The molecule has 0 saturated heterocycles. The Morgan fingerprint density at radius 3 is 2.58 bits per heavy atom. The van der Waals surface area contributed by atoms with Gasteiger partial charge < -0.3 is 0 Å². The lowest BCUT2D eigenvalue weighted by atomic mass is 10.2. The summed E-state index contributed by atoms with van der Waals surface area (Å²) >= 11 is 4.14. The zero-order valence-corrected chi connectivity index (χ0v) is 7.94. The molecule has 1 N–H and O–H groups in total. The highest BCUT2D eigenvalue weighted by atomic mass is 33.1. The van der Waals surface area contributed by atoms with Gasteiger partial charge in [-0.2, -0.15) is 4.72 Å². The lowest BCUT2D eigenvalue weighted by molar-refractivity contribution is 0.607. The summed E-state index contributed by atoms with van der Waals surface area (Å²) in [6.45, 7) is 0. The standard InChI is InChI=1S/C8H8NOS2/c11-12-9-6-8(10-12)7-4-2-1-3-5-7/h1-6,9,11H/q+1. The largest absolute Gasteiger partial charge is 0.387 e. The summed E-state index contributed by atoms with van der Waals surface area (Å²) in [6.07, 6.45) is 1.84. The maximum Gasteiger partial charge on any atom is 0.387 e. The molecule has 0 saturated carbocycles. The summed E-state index contributed by atoms with van der Waals surface area (Å²) in [5.41, 5.74) is 1.08. The Hall–Kier alpha value is -0.740. The number of hydrogen-bond acceptors (Lipinski definition) is 3. The summed E-state index contributed by atoms with van der Waals surface area (Å²) in [6, 6.07) is 9.95. The third kappa shape index (κ3) is 1.54. The van der Waals surface area contributed by atoms with Crippen LogP contribution < -0.4 is 4.72 Å². The zero-order valence-electron chi connectivity index (χ0n) is 6.23. The van der Waals surface area contributed by atoms with E-state index in [9.17, 15) is 0 Å². The Kier molecular flexibility index (Phi) is 2.19. The minimum atomic E-state index is -0.452. The van der Waals surface area contributed by atoms with Gasteiger partial charge in [-0.15, -0.1) is 0 Å². The molecule has 0 aliphatic carbocycles. The van der Waals surface area contributed by atoms with Gasteiger partial charge in [0.05, 0.1) is 6.20 Å². The summed E-state index contributed by atoms with van der Waals surface area (Å²) in [7, 11) is -0.452. The molecule has 1 atom stereocenters. The maximum absolute atomic E-state index is 5.39. The van der Waals surface area contributed by atoms with Crippen molar-refractivity contribution in [1.29, 1.82) is 0 Å². The van der Waals surface area contributed by atoms with Crippen molar-refractivity contribution in [3.63, 3.8) is 0 Å². The van der Waals surface area contributed by atoms with Crippen LogP contribution in [0.4, 0.5) is 0 Å². The molecule has 0 spiro atoms. The smallest absolute Gasteiger partial charge is 0.242 e. The molecule has 1 unspecified atom stereocenters. The van der Waals surface area contributed by atoms with Gasteiger partial charge >= 0.3 is 10.4 Å². The van der Waals surface area contributed by atoms with E-state index in [1.165, 1.54) is 0 Å². The van der Waals surface area contributed by atoms with Crippen LogP contribution in [0.3, 0.4) is 0 Å². The average Bonchev–Trinajstić information content (AvgIpc) is 2.54. The summed E-state index contributed by atoms with van der Waals surface area (Å²) in [5, 5.41) is 0. The molecule has 1 aliphatic rings. The van der Waals surface area contributed by atoms with E-state index < -0.39 is 10.4 Å². The van der Waals surface area contributed by atoms with Crippen LogP contribution in [0.1, 0.15) is 5.56 Å². The number of benzene rings is 1. The van der Waals surface area contributed by atoms with Gasteiger partial charge in [0.25, 0.3) is 0 Å². The number of nitrogens with one attached hydrogen (secondary N) is 1. The fourth-order valence-corrected chi connectivity index (χ4v) is 1.94. The van der Waals surface area contributed by atoms with Crippen molar-refractivity contribution in [1.82, 2.24) is 4.72 Å². The van der Waals surface area contributed by atoms with Crippen LogP contribution >= 0.6 is 11.7 Å². The molecular weight excluding hydrogens is 190 g/mol. The molecule has 0 bridgehead atoms. The second-order valence-corrected chi connectivity index (χ2v) is 4.22. The highest BCUT2D eigenvalue weighted by molar-refractivity contribution is 8.63. The SMILES string of the molecule is S[S+]1NC=C(c2ccccc2)O1. The Balaban J connectivity index is 2.22. The molecule has 62 valence electrons. The quantitative estimate of drug-likeness (QED) is 0.408. The van der Waals surface area contributed by atoms with E-state index in [4.69, 9.17) is 4.18 Å². The predicted molar refractivity (Wildman–Crippen MR) is 55.0 cm³/mol. The number of rotatable bonds is 1. The molecule has 1 aromatic rings. The summed E-state index contributed by atoms with van der Waals surface area (Å²) in [4.78, 5) is 0. The van der Waals surface area contributed by atoms with Crippen molar-refractivity contribution >= 4 is 27.8 Å². The van der Waals surface area contributed by atoms with Gasteiger partial charge in [-0.05, 0) is 0 Å². The first-order valence-electron chi connectivity index (χ1n) is 3.50. The minimum Gasteiger partial charge on any atom is -0.242 e. The van der Waals surface area contributed by atoms with E-state index >= 15 is 0 Å². The summed E-state index contributed by atoms with van der Waals surface area (Å²) in [5.74, 6) is 0.855. The topological polar surface area (TPSA) is 21.3 Å². The van der Waals surface area contributed by atoms with Crippen molar-refractivity contribution < 1.29 is 4.18 Å². The lowest BCUT2D eigenvalue weighted by Gasteiger charge is -1.94. The van der Waals surface area contributed by atoms with Crippen molar-refractivity contribution in [2.45, 2.75) is 0 Å². The first-order chi connectivity index (χ1) is 5.86. The molecular formula is C8H8NOS2+. The van der Waals surface area contributed by atoms with Gasteiger partial charge in [0.15, 0.2) is 11.7 Å². The predicted octanol–water partition coefficient (Wildman–Crippen LogP) is 1.90. The molecule has 4 heteroatoms. The van der Waals surface area contributed by atoms with E-state index in [2.05, 4.69) is 16.4 Å². The van der Waals surface area contributed by atoms with Gasteiger partial charge in [0.1, 0.15) is 0 Å². The number of hydrogen-bond donors (Lipinski definition) is 2. The van der Waals surface area contributed by atoms with E-state index in [1.807, 2.05) is 36.5 Å². The van der Waals surface area contributed by atoms with E-state index in [0.717, 1.165) is 11.3 Å². The molecule has 1 aliphatic heterocycles. The Labute approximate surface area is 79.1 Å². The third-order valence-electron chi connectivity index (χ3n) is 1.52. The number of thiol groups is 1. The van der Waals surface area contributed by atoms with Crippen molar-refractivity contribution in [2.75, 3.05) is 0 Å². The Morgan fingerprint density at radius 1 is 1.25 bits per heavy atom. The first-order valence-corrected chi connectivity index (χ1v) is 5.70. The van der Waals surface area contributed by atoms with Gasteiger partial charge in [0, 0.05) is 5.56 Å². The highest BCUT2D eigenvalue weighted by Gasteiger charge is 2.26. The van der Waals surface area contributed by atoms with Crippen LogP contribution in [-0.2, 0) is 14.6 Å². The molecule has 2 nitrogen and oxygen atoms in total. The molecule has 0 radical (unpaired) electrons. The first kappa shape index (κ1) is 7.89. The molecule has 0 amide bonds. The van der Waals surface area contributed by atoms with Crippen LogP contribution in [-0.4, -0.2) is 0 Å². The second-order valence-electron chi connectivity index (χ2n) is 2.32. The molecule has 0 aromatic heterocycles. The fraction of sp³-hybridized carbons (Fsp3) is 0. The molecule has 2 rings (SSSR count). The normalized spacial score (nSPS) is 21.1. The summed E-state index contributed by atoms with van der Waals surface area (Å²) < 4.78 is 8.37. The van der Waals surface area contributed by atoms with Crippen LogP contribution in [0.5, 0.6) is 0 Å². The van der Waals surface area contributed by atoms with E-state index in [1.54, 1.807) is 0 Å². The van der Waals surface area contributed by atoms with Crippen molar-refractivity contribution in [2.24, 2.45) is 0 Å². The minimum absolute atomic E-state index is 0.452. The van der Waals surface area contributed by atoms with Crippen molar-refractivity contribution in [3.05, 3.63) is 42.1 Å². The van der Waals surface area contributed by atoms with Crippen LogP contribution in [0.15, 0.2) is 36.5 Å². The van der Waals surface area contributed by atoms with Crippen LogP contribution in [0.25, 0.3) is 5.76 Å². The molecule has 1 heterocycles. The highest BCUT2D eigenvalue weighted by Crippen LogP contribution is 2.23. The van der Waals surface area contributed by atoms with Gasteiger partial charge in [-0.1, -0.05) is 30.3 Å². The van der Waals surface area contributed by atoms with Crippen LogP contribution in [0, 0.1) is 0 Å². The molecule has 0 fully saturated rings. The molecule has 1 aromatic carbocycles. The van der Waals surface area contributed by atoms with E-state index in [0.29, 0.717) is 0 Å². The Morgan fingerprint density at radius 2 is 2.00 bits per heavy atom. The second kappa shape index (κ2) is 3.33. The maximum atomic E-state index is 5.39. The van der Waals surface area contributed by atoms with Crippen molar-refractivity contribution in [3.8, 4) is 0 Å². The van der Waals surface area contributed by atoms with Gasteiger partial charge in [-0.3, -0.25) is 0 Å². The fourth-order valence-electron chi connectivity index (χ4n) is 0.971.